The molecule has 0 aromatic heterocycles. The molecule has 0 atom stereocenters. The molecule has 0 aliphatic carbocycles. The molecule has 0 nitrogen and oxygen atoms in total. The Morgan fingerprint density at radius 3 is 2.40 bits per heavy atom. The van der Waals surface area contributed by atoms with Crippen molar-refractivity contribution in [3.8, 4) is 0 Å². The third-order valence-electron chi connectivity index (χ3n) is 0.908. The van der Waals surface area contributed by atoms with Crippen molar-refractivity contribution < 1.29 is 17.0 Å². The molecule has 1 aromatic carbocycles. The third kappa shape index (κ3) is 4.55. The van der Waals surface area contributed by atoms with Crippen molar-refractivity contribution >= 4 is 34.7 Å². The van der Waals surface area contributed by atoms with E-state index in [-0.39, 0.29) is 40.0 Å². The summed E-state index contributed by atoms with van der Waals surface area (Å²) in [6, 6.07) is 8.50. The molecule has 0 aliphatic rings. The number of rotatable bonds is 0. The topological polar surface area (TPSA) is 0 Å². The summed E-state index contributed by atoms with van der Waals surface area (Å²) in [6.45, 7) is 1.96. The van der Waals surface area contributed by atoms with Crippen molar-refractivity contribution in [2.24, 2.45) is 0 Å². The van der Waals surface area contributed by atoms with Gasteiger partial charge in [-0.25, -0.2) is 0 Å². The smallest absolute Gasteiger partial charge is 1.00 e. The molecule has 0 radical (unpaired) electrons. The van der Waals surface area contributed by atoms with Crippen LogP contribution in [0.4, 0.5) is 0 Å². The Morgan fingerprint density at radius 2 is 2.10 bits per heavy atom. The van der Waals surface area contributed by atoms with Crippen LogP contribution < -0.4 is 17.0 Å². The Labute approximate surface area is 92.9 Å². The number of hydrogen-bond donors (Lipinski definition) is 0. The van der Waals surface area contributed by atoms with Gasteiger partial charge in [0.1, 0.15) is 0 Å². The molecule has 0 saturated heterocycles. The second-order valence-corrected chi connectivity index (χ2v) is 2.13. The maximum absolute atomic E-state index is 5.62. The van der Waals surface area contributed by atoms with Gasteiger partial charge in [-0.1, -0.05) is 11.9 Å². The fraction of sp³-hybridized carbons (Fsp3) is 0.143. The standard InChI is InChI=1S/C7H6Cl.BrH.Mg/c1-6-3-2-4-7(8)5-6;;/h2,4-5H,1H3;1H;/q-1;;+2/p-1. The average molecular weight is 230 g/mol. The zero-order valence-corrected chi connectivity index (χ0v) is 9.45. The van der Waals surface area contributed by atoms with E-state index >= 15 is 0 Å². The predicted molar refractivity (Wildman–Crippen MR) is 40.8 cm³/mol. The molecule has 50 valence electrons. The molecule has 0 aliphatic heterocycles. The van der Waals surface area contributed by atoms with Gasteiger partial charge in [0.25, 0.3) is 0 Å². The first-order valence-electron chi connectivity index (χ1n) is 2.43. The molecule has 0 heterocycles. The van der Waals surface area contributed by atoms with E-state index in [1.807, 2.05) is 25.1 Å². The van der Waals surface area contributed by atoms with Crippen molar-refractivity contribution in [3.05, 3.63) is 34.9 Å². The van der Waals surface area contributed by atoms with Crippen LogP contribution in [0.15, 0.2) is 18.2 Å². The van der Waals surface area contributed by atoms with Gasteiger partial charge in [0, 0.05) is 0 Å². The molecule has 10 heavy (non-hydrogen) atoms. The average Bonchev–Trinajstić information content (AvgIpc) is 1.64. The first-order chi connectivity index (χ1) is 3.79. The van der Waals surface area contributed by atoms with Crippen LogP contribution in [0.2, 0.25) is 5.02 Å². The second kappa shape index (κ2) is 6.47. The summed E-state index contributed by atoms with van der Waals surface area (Å²) in [4.78, 5) is 0. The molecular weight excluding hydrogens is 224 g/mol. The Kier molecular flexibility index (Phi) is 8.63. The molecule has 0 bridgehead atoms. The molecule has 0 N–H and O–H groups in total. The van der Waals surface area contributed by atoms with Crippen LogP contribution in [0.1, 0.15) is 5.56 Å². The van der Waals surface area contributed by atoms with Crippen LogP contribution in [0.25, 0.3) is 0 Å². The Bertz CT molecular complexity index is 173. The van der Waals surface area contributed by atoms with Crippen LogP contribution in [0.3, 0.4) is 0 Å². The predicted octanol–water partition coefficient (Wildman–Crippen LogP) is -0.928. The minimum atomic E-state index is 0. The van der Waals surface area contributed by atoms with Crippen molar-refractivity contribution in [1.82, 2.24) is 0 Å². The van der Waals surface area contributed by atoms with Gasteiger partial charge in [-0.2, -0.15) is 23.8 Å². The second-order valence-electron chi connectivity index (χ2n) is 1.69. The minimum Gasteiger partial charge on any atom is -1.00 e. The molecule has 0 unspecified atom stereocenters. The minimum absolute atomic E-state index is 0. The van der Waals surface area contributed by atoms with Crippen LogP contribution in [0.5, 0.6) is 0 Å². The van der Waals surface area contributed by atoms with Crippen LogP contribution in [-0.2, 0) is 0 Å². The van der Waals surface area contributed by atoms with E-state index in [4.69, 9.17) is 11.6 Å². The van der Waals surface area contributed by atoms with E-state index in [2.05, 4.69) is 6.07 Å². The summed E-state index contributed by atoms with van der Waals surface area (Å²) >= 11 is 5.62. The number of halogens is 2. The van der Waals surface area contributed by atoms with Gasteiger partial charge in [0.2, 0.25) is 0 Å². The summed E-state index contributed by atoms with van der Waals surface area (Å²) in [6.07, 6.45) is 0. The molecule has 0 fully saturated rings. The zero-order chi connectivity index (χ0) is 5.98. The summed E-state index contributed by atoms with van der Waals surface area (Å²) in [5.74, 6) is 0. The molecule has 3 heteroatoms. The number of hydrogen-bond acceptors (Lipinski definition) is 0. The SMILES string of the molecule is Cc1[c-]ccc(Cl)c1.[Br-].[Mg+2]. The van der Waals surface area contributed by atoms with Gasteiger partial charge < -0.3 is 17.0 Å². The summed E-state index contributed by atoms with van der Waals surface area (Å²) < 4.78 is 0. The molecule has 0 saturated carbocycles. The first kappa shape index (κ1) is 13.4. The third-order valence-corrected chi connectivity index (χ3v) is 1.14. The van der Waals surface area contributed by atoms with Gasteiger partial charge in [-0.05, 0) is 0 Å². The normalized spacial score (nSPS) is 7.40. The quantitative estimate of drug-likeness (QED) is 0.399. The van der Waals surface area contributed by atoms with Crippen molar-refractivity contribution in [2.75, 3.05) is 0 Å². The summed E-state index contributed by atoms with van der Waals surface area (Å²) in [5.41, 5.74) is 1.08. The van der Waals surface area contributed by atoms with E-state index in [0.29, 0.717) is 0 Å². The number of benzene rings is 1. The van der Waals surface area contributed by atoms with Gasteiger partial charge in [-0.3, -0.25) is 0 Å². The largest absolute Gasteiger partial charge is 2.00 e. The molecule has 0 spiro atoms. The van der Waals surface area contributed by atoms with E-state index < -0.39 is 0 Å². The van der Waals surface area contributed by atoms with E-state index in [0.717, 1.165) is 10.6 Å². The maximum Gasteiger partial charge on any atom is 2.00 e. The van der Waals surface area contributed by atoms with Crippen LogP contribution >= 0.6 is 11.6 Å². The molecular formula is C7H6BrClMg. The van der Waals surface area contributed by atoms with Crippen LogP contribution in [0, 0.1) is 13.0 Å². The van der Waals surface area contributed by atoms with Crippen molar-refractivity contribution in [3.63, 3.8) is 0 Å². The first-order valence-corrected chi connectivity index (χ1v) is 2.80. The van der Waals surface area contributed by atoms with E-state index in [1.54, 1.807) is 0 Å². The van der Waals surface area contributed by atoms with Gasteiger partial charge in [0.15, 0.2) is 0 Å². The monoisotopic (exact) mass is 228 g/mol. The molecule has 1 rings (SSSR count). The zero-order valence-electron chi connectivity index (χ0n) is 5.70. The van der Waals surface area contributed by atoms with Crippen molar-refractivity contribution in [2.45, 2.75) is 6.92 Å². The molecule has 1 aromatic rings. The maximum atomic E-state index is 5.62. The summed E-state index contributed by atoms with van der Waals surface area (Å²) in [5, 5.41) is 0.779. The van der Waals surface area contributed by atoms with Gasteiger partial charge in [0.05, 0.1) is 0 Å². The summed E-state index contributed by atoms with van der Waals surface area (Å²) in [7, 11) is 0. The number of aryl methyl sites for hydroxylation is 1. The van der Waals surface area contributed by atoms with Crippen molar-refractivity contribution in [1.29, 1.82) is 0 Å². The Hall–Kier alpha value is 0.756. The van der Waals surface area contributed by atoms with Gasteiger partial charge in [-0.15, -0.1) is 17.7 Å². The molecule has 0 amide bonds. The fourth-order valence-electron chi connectivity index (χ4n) is 0.549. The van der Waals surface area contributed by atoms with Gasteiger partial charge >= 0.3 is 23.1 Å². The Morgan fingerprint density at radius 1 is 1.50 bits per heavy atom. The Balaban J connectivity index is 0. The van der Waals surface area contributed by atoms with Crippen LogP contribution in [-0.4, -0.2) is 23.1 Å². The van der Waals surface area contributed by atoms with E-state index in [9.17, 15) is 0 Å². The van der Waals surface area contributed by atoms with E-state index in [1.165, 1.54) is 0 Å². The fourth-order valence-corrected chi connectivity index (χ4v) is 0.776.